The van der Waals surface area contributed by atoms with E-state index < -0.39 is 46.2 Å². The molecule has 0 radical (unpaired) electrons. The van der Waals surface area contributed by atoms with Crippen molar-refractivity contribution in [2.75, 3.05) is 0 Å². The van der Waals surface area contributed by atoms with Gasteiger partial charge in [0.1, 0.15) is 28.6 Å². The van der Waals surface area contributed by atoms with Crippen molar-refractivity contribution in [3.05, 3.63) is 82.4 Å². The van der Waals surface area contributed by atoms with E-state index in [2.05, 4.69) is 0 Å². The minimum Gasteiger partial charge on any atom is -0.508 e. The summed E-state index contributed by atoms with van der Waals surface area (Å²) in [6, 6.07) is 8.59. The Bertz CT molecular complexity index is 1440. The Morgan fingerprint density at radius 1 is 0.750 bits per heavy atom. The molecule has 2 aliphatic carbocycles. The molecule has 184 valence electrons. The highest BCUT2D eigenvalue weighted by atomic mass is 16.3. The lowest BCUT2D eigenvalue weighted by molar-refractivity contribution is 0.0113. The number of allylic oxidation sites excluding steroid dienone is 2. The van der Waals surface area contributed by atoms with Crippen molar-refractivity contribution in [2.24, 2.45) is 0 Å². The summed E-state index contributed by atoms with van der Waals surface area (Å²) in [6.07, 6.45) is 4.95. The van der Waals surface area contributed by atoms with Crippen molar-refractivity contribution in [3.63, 3.8) is 0 Å². The summed E-state index contributed by atoms with van der Waals surface area (Å²) in [5.41, 5.74) is -0.817. The first kappa shape index (κ1) is 23.1. The summed E-state index contributed by atoms with van der Waals surface area (Å²) in [6.45, 7) is 0. The molecule has 0 amide bonds. The third-order valence-corrected chi connectivity index (χ3v) is 6.79. The molecule has 0 aromatic heterocycles. The molecule has 0 aliphatic heterocycles. The van der Waals surface area contributed by atoms with Crippen molar-refractivity contribution in [1.82, 2.24) is 0 Å². The van der Waals surface area contributed by atoms with Crippen LogP contribution in [0.15, 0.2) is 60.2 Å². The molecule has 3 atom stereocenters. The Balaban J connectivity index is 1.68. The highest BCUT2D eigenvalue weighted by Crippen LogP contribution is 2.57. The van der Waals surface area contributed by atoms with E-state index in [1.165, 1.54) is 24.3 Å². The zero-order valence-electron chi connectivity index (χ0n) is 18.6. The second-order valence-corrected chi connectivity index (χ2v) is 9.08. The number of hydrogen-bond acceptors (Lipinski definition) is 9. The van der Waals surface area contributed by atoms with Gasteiger partial charge < -0.3 is 40.9 Å². The number of carbonyl (C=O) groups excluding carboxylic acids is 1. The first-order valence-electron chi connectivity index (χ1n) is 11.0. The van der Waals surface area contributed by atoms with E-state index in [1.807, 2.05) is 0 Å². The summed E-state index contributed by atoms with van der Waals surface area (Å²) in [4.78, 5) is 13.5. The molecular formula is C27H22O9. The zero-order valence-corrected chi connectivity index (χ0v) is 18.6. The molecule has 5 rings (SSSR count). The fraction of sp³-hybridized carbons (Fsp3) is 0.148. The van der Waals surface area contributed by atoms with Crippen LogP contribution in [0.25, 0.3) is 6.08 Å². The number of benzene rings is 3. The average molecular weight is 490 g/mol. The number of ketones is 1. The molecule has 3 unspecified atom stereocenters. The molecule has 2 aliphatic rings. The van der Waals surface area contributed by atoms with Gasteiger partial charge >= 0.3 is 0 Å². The number of carbonyl (C=O) groups is 1. The SMILES string of the molecule is O=C1c2c(O)cc(O)cc2C2CC(C=Cc3cc(O)cc(O)c3)=CC(c3cc(O)c(O)c(O)c3)C12O. The lowest BCUT2D eigenvalue weighted by Crippen LogP contribution is -2.46. The highest BCUT2D eigenvalue weighted by Gasteiger charge is 2.59. The van der Waals surface area contributed by atoms with Gasteiger partial charge in [0, 0.05) is 24.0 Å². The number of Topliss-reactive ketones (excluding diaryl/α,β-unsaturated/α-hetero) is 1. The Hall–Kier alpha value is -4.63. The first-order chi connectivity index (χ1) is 17.0. The molecule has 0 saturated carbocycles. The zero-order chi connectivity index (χ0) is 25.9. The largest absolute Gasteiger partial charge is 0.508 e. The number of rotatable bonds is 3. The molecular weight excluding hydrogens is 468 g/mol. The van der Waals surface area contributed by atoms with Crippen LogP contribution in [0.1, 0.15) is 45.3 Å². The van der Waals surface area contributed by atoms with Crippen molar-refractivity contribution in [3.8, 4) is 40.2 Å². The van der Waals surface area contributed by atoms with Gasteiger partial charge in [-0.25, -0.2) is 0 Å². The number of aliphatic hydroxyl groups is 1. The van der Waals surface area contributed by atoms with Gasteiger partial charge in [-0.15, -0.1) is 0 Å². The molecule has 3 aromatic carbocycles. The van der Waals surface area contributed by atoms with Crippen molar-refractivity contribution in [2.45, 2.75) is 23.9 Å². The van der Waals surface area contributed by atoms with Crippen LogP contribution in [0.3, 0.4) is 0 Å². The van der Waals surface area contributed by atoms with Gasteiger partial charge in [-0.1, -0.05) is 23.8 Å². The molecule has 0 saturated heterocycles. The first-order valence-corrected chi connectivity index (χ1v) is 11.0. The van der Waals surface area contributed by atoms with Crippen LogP contribution in [0.2, 0.25) is 0 Å². The minimum absolute atomic E-state index is 0.117. The van der Waals surface area contributed by atoms with Crippen LogP contribution in [0, 0.1) is 0 Å². The monoisotopic (exact) mass is 490 g/mol. The van der Waals surface area contributed by atoms with Gasteiger partial charge in [-0.3, -0.25) is 4.79 Å². The van der Waals surface area contributed by atoms with E-state index in [0.29, 0.717) is 11.1 Å². The van der Waals surface area contributed by atoms with Gasteiger partial charge in [-0.05, 0) is 53.4 Å². The normalized spacial score (nSPS) is 22.9. The number of hydrogen-bond donors (Lipinski definition) is 8. The van der Waals surface area contributed by atoms with E-state index in [-0.39, 0.29) is 40.4 Å². The van der Waals surface area contributed by atoms with Crippen molar-refractivity contribution in [1.29, 1.82) is 0 Å². The molecule has 8 N–H and O–H groups in total. The predicted molar refractivity (Wildman–Crippen MR) is 127 cm³/mol. The standard InChI is InChI=1S/C27H22O9/c28-15-3-12(4-16(29)9-15)1-2-13-5-19(14-7-22(32)25(34)23(33)8-14)27(36)20(6-13)18-10-17(30)11-21(31)24(18)26(27)35/h1-5,7-11,19-20,28-34,36H,6H2. The molecule has 0 bridgehead atoms. The van der Waals surface area contributed by atoms with Gasteiger partial charge in [-0.2, -0.15) is 0 Å². The van der Waals surface area contributed by atoms with E-state index in [9.17, 15) is 45.6 Å². The molecule has 9 nitrogen and oxygen atoms in total. The van der Waals surface area contributed by atoms with Gasteiger partial charge in [0.15, 0.2) is 23.0 Å². The number of aromatic hydroxyl groups is 7. The maximum absolute atomic E-state index is 13.5. The highest BCUT2D eigenvalue weighted by molar-refractivity contribution is 6.11. The second-order valence-electron chi connectivity index (χ2n) is 9.08. The quantitative estimate of drug-likeness (QED) is 0.255. The van der Waals surface area contributed by atoms with Crippen molar-refractivity contribution >= 4 is 11.9 Å². The summed E-state index contributed by atoms with van der Waals surface area (Å²) in [7, 11) is 0. The van der Waals surface area contributed by atoms with Crippen LogP contribution >= 0.6 is 0 Å². The van der Waals surface area contributed by atoms with E-state index in [4.69, 9.17) is 0 Å². The van der Waals surface area contributed by atoms with Crippen LogP contribution < -0.4 is 0 Å². The second kappa shape index (κ2) is 7.96. The fourth-order valence-corrected chi connectivity index (χ4v) is 5.22. The van der Waals surface area contributed by atoms with Gasteiger partial charge in [0.25, 0.3) is 0 Å². The van der Waals surface area contributed by atoms with E-state index in [1.54, 1.807) is 18.2 Å². The van der Waals surface area contributed by atoms with Crippen LogP contribution in [-0.2, 0) is 0 Å². The molecule has 9 heteroatoms. The number of fused-ring (bicyclic) bond motifs is 3. The summed E-state index contributed by atoms with van der Waals surface area (Å²) in [5.74, 6) is -5.95. The Kier molecular flexibility index (Phi) is 5.11. The van der Waals surface area contributed by atoms with Crippen LogP contribution in [0.4, 0.5) is 0 Å². The topological polar surface area (TPSA) is 179 Å². The van der Waals surface area contributed by atoms with E-state index >= 15 is 0 Å². The number of phenolic OH excluding ortho intramolecular Hbond substituents is 7. The minimum atomic E-state index is -2.13. The average Bonchev–Trinajstić information content (AvgIpc) is 3.01. The van der Waals surface area contributed by atoms with Gasteiger partial charge in [0.05, 0.1) is 5.56 Å². The third kappa shape index (κ3) is 3.48. The third-order valence-electron chi connectivity index (χ3n) is 6.79. The molecule has 0 fully saturated rings. The van der Waals surface area contributed by atoms with Crippen LogP contribution in [0.5, 0.6) is 40.2 Å². The maximum atomic E-state index is 13.5. The molecule has 36 heavy (non-hydrogen) atoms. The molecule has 0 spiro atoms. The van der Waals surface area contributed by atoms with Crippen LogP contribution in [-0.4, -0.2) is 52.2 Å². The molecule has 3 aromatic rings. The lowest BCUT2D eigenvalue weighted by atomic mass is 9.67. The van der Waals surface area contributed by atoms with Crippen molar-refractivity contribution < 1.29 is 45.6 Å². The summed E-state index contributed by atoms with van der Waals surface area (Å²) < 4.78 is 0. The maximum Gasteiger partial charge on any atom is 0.200 e. The Morgan fingerprint density at radius 3 is 2.00 bits per heavy atom. The Labute approximate surface area is 204 Å². The summed E-state index contributed by atoms with van der Waals surface area (Å²) >= 11 is 0. The fourth-order valence-electron chi connectivity index (χ4n) is 5.22. The smallest absolute Gasteiger partial charge is 0.200 e. The number of phenols is 7. The predicted octanol–water partition coefficient (Wildman–Crippen LogP) is 3.46. The summed E-state index contributed by atoms with van der Waals surface area (Å²) in [5, 5.41) is 81.8. The van der Waals surface area contributed by atoms with E-state index in [0.717, 1.165) is 18.2 Å². The lowest BCUT2D eigenvalue weighted by Gasteiger charge is -2.39. The Morgan fingerprint density at radius 2 is 1.36 bits per heavy atom. The van der Waals surface area contributed by atoms with Gasteiger partial charge in [0.2, 0.25) is 0 Å². The molecule has 0 heterocycles.